The Balaban J connectivity index is 2.33. The number of amides is 2. The average molecular weight is 322 g/mol. The Hall–Kier alpha value is -2.28. The highest BCUT2D eigenvalue weighted by atomic mass is 16.5. The van der Waals surface area contributed by atoms with Gasteiger partial charge in [0.05, 0.1) is 14.2 Å². The third kappa shape index (κ3) is 3.24. The van der Waals surface area contributed by atoms with Crippen LogP contribution in [-0.4, -0.2) is 48.7 Å². The molecule has 2 rings (SSSR count). The van der Waals surface area contributed by atoms with E-state index in [9.17, 15) is 9.59 Å². The van der Waals surface area contributed by atoms with Gasteiger partial charge in [-0.25, -0.2) is 5.48 Å². The van der Waals surface area contributed by atoms with Gasteiger partial charge in [-0.3, -0.25) is 14.8 Å². The molecule has 23 heavy (non-hydrogen) atoms. The molecule has 1 aromatic rings. The van der Waals surface area contributed by atoms with E-state index in [1.165, 1.54) is 12.0 Å². The maximum Gasteiger partial charge on any atom is 0.266 e. The number of carbonyl (C=O) groups is 2. The molecule has 7 heteroatoms. The molecule has 2 amide bonds. The lowest BCUT2D eigenvalue weighted by molar-refractivity contribution is -0.137. The topological polar surface area (TPSA) is 88.1 Å². The van der Waals surface area contributed by atoms with Gasteiger partial charge in [0.15, 0.2) is 11.5 Å². The fourth-order valence-corrected chi connectivity index (χ4v) is 2.77. The summed E-state index contributed by atoms with van der Waals surface area (Å²) < 4.78 is 10.7. The van der Waals surface area contributed by atoms with Crippen molar-refractivity contribution in [2.45, 2.75) is 32.2 Å². The van der Waals surface area contributed by atoms with Gasteiger partial charge in [-0.15, -0.1) is 0 Å². The van der Waals surface area contributed by atoms with Crippen LogP contribution in [0.25, 0.3) is 0 Å². The number of hydrogen-bond donors (Lipinski definition) is 2. The van der Waals surface area contributed by atoms with Crippen LogP contribution < -0.4 is 15.0 Å². The summed E-state index contributed by atoms with van der Waals surface area (Å²) in [6, 6.07) is 2.77. The molecular weight excluding hydrogens is 300 g/mol. The number of benzene rings is 1. The number of ether oxygens (including phenoxy) is 2. The maximum absolute atomic E-state index is 12.6. The van der Waals surface area contributed by atoms with Crippen molar-refractivity contribution in [2.75, 3.05) is 20.8 Å². The number of aryl methyl sites for hydroxylation is 1. The van der Waals surface area contributed by atoms with Crippen molar-refractivity contribution in [1.29, 1.82) is 0 Å². The molecule has 1 aliphatic heterocycles. The van der Waals surface area contributed by atoms with Gasteiger partial charge < -0.3 is 14.4 Å². The molecule has 1 aromatic carbocycles. The van der Waals surface area contributed by atoms with Crippen LogP contribution in [0.2, 0.25) is 0 Å². The molecule has 126 valence electrons. The monoisotopic (exact) mass is 322 g/mol. The van der Waals surface area contributed by atoms with Crippen molar-refractivity contribution in [3.8, 4) is 11.5 Å². The lowest BCUT2D eigenvalue weighted by Gasteiger charge is -2.39. The number of nitrogens with one attached hydrogen (secondary N) is 1. The molecule has 0 bridgehead atoms. The Bertz CT molecular complexity index is 602. The van der Waals surface area contributed by atoms with E-state index in [1.807, 2.05) is 6.92 Å². The van der Waals surface area contributed by atoms with Crippen LogP contribution in [0.1, 0.15) is 35.7 Å². The summed E-state index contributed by atoms with van der Waals surface area (Å²) >= 11 is 0. The fourth-order valence-electron chi connectivity index (χ4n) is 2.77. The molecule has 0 radical (unpaired) electrons. The minimum atomic E-state index is -0.629. The van der Waals surface area contributed by atoms with E-state index in [0.29, 0.717) is 30.0 Å². The lowest BCUT2D eigenvalue weighted by Crippen LogP contribution is -2.57. The molecule has 1 heterocycles. The minimum Gasteiger partial charge on any atom is -0.493 e. The third-order valence-electron chi connectivity index (χ3n) is 4.02. The van der Waals surface area contributed by atoms with Crippen molar-refractivity contribution >= 4 is 11.8 Å². The number of rotatable bonds is 6. The number of likely N-dealkylation sites (tertiary alicyclic amines) is 1. The second-order valence-electron chi connectivity index (χ2n) is 5.40. The largest absolute Gasteiger partial charge is 0.493 e. The molecule has 1 saturated heterocycles. The molecule has 1 aliphatic rings. The molecule has 7 nitrogen and oxygen atoms in total. The predicted molar refractivity (Wildman–Crippen MR) is 82.9 cm³/mol. The highest BCUT2D eigenvalue weighted by Crippen LogP contribution is 2.34. The van der Waals surface area contributed by atoms with Crippen molar-refractivity contribution in [3.63, 3.8) is 0 Å². The van der Waals surface area contributed by atoms with E-state index in [1.54, 1.807) is 24.7 Å². The van der Waals surface area contributed by atoms with Gasteiger partial charge in [0, 0.05) is 12.1 Å². The Labute approximate surface area is 135 Å². The molecule has 1 atom stereocenters. The summed E-state index contributed by atoms with van der Waals surface area (Å²) in [6.07, 6.45) is 2.19. The van der Waals surface area contributed by atoms with Gasteiger partial charge in [-0.1, -0.05) is 13.3 Å². The zero-order valence-corrected chi connectivity index (χ0v) is 13.6. The van der Waals surface area contributed by atoms with Crippen LogP contribution in [0.15, 0.2) is 12.1 Å². The molecule has 1 unspecified atom stereocenters. The summed E-state index contributed by atoms with van der Waals surface area (Å²) in [5, 5.41) is 8.73. The van der Waals surface area contributed by atoms with Crippen molar-refractivity contribution in [1.82, 2.24) is 10.4 Å². The minimum absolute atomic E-state index is 0.261. The summed E-state index contributed by atoms with van der Waals surface area (Å²) in [7, 11) is 3.09. The number of carbonyl (C=O) groups excluding carboxylic acids is 2. The highest BCUT2D eigenvalue weighted by molar-refractivity contribution is 5.99. The van der Waals surface area contributed by atoms with Crippen LogP contribution in [-0.2, 0) is 11.2 Å². The van der Waals surface area contributed by atoms with Gasteiger partial charge in [0.1, 0.15) is 6.04 Å². The van der Waals surface area contributed by atoms with Gasteiger partial charge in [-0.05, 0) is 30.5 Å². The first kappa shape index (κ1) is 17.1. The molecule has 0 saturated carbocycles. The summed E-state index contributed by atoms with van der Waals surface area (Å²) in [5.41, 5.74) is 2.93. The number of methoxy groups -OCH3 is 2. The average Bonchev–Trinajstić information content (AvgIpc) is 2.52. The van der Waals surface area contributed by atoms with E-state index in [0.717, 1.165) is 18.4 Å². The normalized spacial score (nSPS) is 16.5. The first-order chi connectivity index (χ1) is 11.1. The molecule has 2 N–H and O–H groups in total. The van der Waals surface area contributed by atoms with E-state index < -0.39 is 11.9 Å². The van der Waals surface area contributed by atoms with Gasteiger partial charge in [0.2, 0.25) is 0 Å². The van der Waals surface area contributed by atoms with Gasteiger partial charge >= 0.3 is 0 Å². The van der Waals surface area contributed by atoms with Crippen molar-refractivity contribution in [3.05, 3.63) is 23.3 Å². The van der Waals surface area contributed by atoms with Crippen molar-refractivity contribution in [2.24, 2.45) is 0 Å². The second-order valence-corrected chi connectivity index (χ2v) is 5.40. The van der Waals surface area contributed by atoms with E-state index in [4.69, 9.17) is 14.7 Å². The molecule has 0 spiro atoms. The number of hydroxylamine groups is 1. The third-order valence-corrected chi connectivity index (χ3v) is 4.02. The Kier molecular flexibility index (Phi) is 5.44. The number of nitrogens with zero attached hydrogens (tertiary/aromatic N) is 1. The Morgan fingerprint density at radius 2 is 2.09 bits per heavy atom. The smallest absolute Gasteiger partial charge is 0.266 e. The first-order valence-electron chi connectivity index (χ1n) is 7.57. The van der Waals surface area contributed by atoms with Crippen molar-refractivity contribution < 1.29 is 24.3 Å². The lowest BCUT2D eigenvalue weighted by atomic mass is 9.98. The predicted octanol–water partition coefficient (Wildman–Crippen LogP) is 1.38. The SMILES string of the molecule is CCCc1cc(C(=O)N2CCC2C(=O)NO)cc(OC)c1OC. The number of hydrogen-bond acceptors (Lipinski definition) is 5. The standard InChI is InChI=1S/C16H22N2O5/c1-4-5-10-8-11(9-13(22-2)14(10)23-3)16(20)18-7-6-12(18)15(19)17-21/h8-9,12,21H,4-7H2,1-3H3,(H,17,19). The molecule has 0 aromatic heterocycles. The fraction of sp³-hybridized carbons (Fsp3) is 0.500. The summed E-state index contributed by atoms with van der Waals surface area (Å²) in [5.74, 6) is 0.284. The van der Waals surface area contributed by atoms with Gasteiger partial charge in [-0.2, -0.15) is 0 Å². The maximum atomic E-state index is 12.6. The van der Waals surface area contributed by atoms with Crippen LogP contribution in [0.4, 0.5) is 0 Å². The van der Waals surface area contributed by atoms with E-state index in [2.05, 4.69) is 0 Å². The zero-order chi connectivity index (χ0) is 17.0. The van der Waals surface area contributed by atoms with Crippen LogP contribution in [0, 0.1) is 0 Å². The zero-order valence-electron chi connectivity index (χ0n) is 13.6. The van der Waals surface area contributed by atoms with Gasteiger partial charge in [0.25, 0.3) is 11.8 Å². The Morgan fingerprint density at radius 1 is 1.35 bits per heavy atom. The summed E-state index contributed by atoms with van der Waals surface area (Å²) in [4.78, 5) is 25.6. The quantitative estimate of drug-likeness (QED) is 0.610. The molecular formula is C16H22N2O5. The van der Waals surface area contributed by atoms with E-state index in [-0.39, 0.29) is 5.91 Å². The second kappa shape index (κ2) is 7.32. The first-order valence-corrected chi connectivity index (χ1v) is 7.57. The van der Waals surface area contributed by atoms with Crippen LogP contribution in [0.3, 0.4) is 0 Å². The Morgan fingerprint density at radius 3 is 2.57 bits per heavy atom. The highest BCUT2D eigenvalue weighted by Gasteiger charge is 2.38. The summed E-state index contributed by atoms with van der Waals surface area (Å²) in [6.45, 7) is 2.52. The molecule has 0 aliphatic carbocycles. The van der Waals surface area contributed by atoms with Crippen LogP contribution in [0.5, 0.6) is 11.5 Å². The molecule has 1 fully saturated rings. The van der Waals surface area contributed by atoms with E-state index >= 15 is 0 Å². The van der Waals surface area contributed by atoms with Crippen LogP contribution >= 0.6 is 0 Å².